The van der Waals surface area contributed by atoms with Crippen molar-refractivity contribution in [1.82, 2.24) is 9.97 Å². The second kappa shape index (κ2) is 5.25. The van der Waals surface area contributed by atoms with E-state index in [-0.39, 0.29) is 0 Å². The summed E-state index contributed by atoms with van der Waals surface area (Å²) in [6.45, 7) is 3.25. The molecule has 16 heavy (non-hydrogen) atoms. The lowest BCUT2D eigenvalue weighted by atomic mass is 10.1. The zero-order valence-corrected chi connectivity index (χ0v) is 9.90. The van der Waals surface area contributed by atoms with Crippen LogP contribution in [0.5, 0.6) is 5.88 Å². The summed E-state index contributed by atoms with van der Waals surface area (Å²) < 4.78 is 10.6. The standard InChI is InChI=1S/C12H18N2O2/c1-3-10-11(9-4-5-9)13-8-14-12(10)16-7-6-15-2/h8-9H,3-7H2,1-2H3. The van der Waals surface area contributed by atoms with E-state index in [4.69, 9.17) is 9.47 Å². The minimum Gasteiger partial charge on any atom is -0.475 e. The van der Waals surface area contributed by atoms with Crippen molar-refractivity contribution >= 4 is 0 Å². The minimum absolute atomic E-state index is 0.546. The van der Waals surface area contributed by atoms with Gasteiger partial charge in [-0.05, 0) is 19.3 Å². The third kappa shape index (κ3) is 2.50. The molecule has 0 radical (unpaired) electrons. The summed E-state index contributed by atoms with van der Waals surface area (Å²) in [7, 11) is 1.67. The first-order chi connectivity index (χ1) is 7.86. The maximum absolute atomic E-state index is 5.61. The van der Waals surface area contributed by atoms with Crippen LogP contribution in [-0.2, 0) is 11.2 Å². The highest BCUT2D eigenvalue weighted by Gasteiger charge is 2.28. The van der Waals surface area contributed by atoms with Gasteiger partial charge in [-0.3, -0.25) is 0 Å². The van der Waals surface area contributed by atoms with Gasteiger partial charge in [0.2, 0.25) is 5.88 Å². The molecule has 0 saturated heterocycles. The highest BCUT2D eigenvalue weighted by Crippen LogP contribution is 2.41. The zero-order valence-electron chi connectivity index (χ0n) is 9.90. The smallest absolute Gasteiger partial charge is 0.219 e. The molecule has 2 rings (SSSR count). The van der Waals surface area contributed by atoms with Gasteiger partial charge in [0.05, 0.1) is 12.3 Å². The van der Waals surface area contributed by atoms with Gasteiger partial charge in [0, 0.05) is 18.6 Å². The number of nitrogens with zero attached hydrogens (tertiary/aromatic N) is 2. The Morgan fingerprint density at radius 2 is 2.12 bits per heavy atom. The topological polar surface area (TPSA) is 44.2 Å². The molecule has 1 fully saturated rings. The third-order valence-corrected chi connectivity index (χ3v) is 2.78. The van der Waals surface area contributed by atoms with Crippen molar-refractivity contribution in [2.24, 2.45) is 0 Å². The summed E-state index contributed by atoms with van der Waals surface area (Å²) in [4.78, 5) is 8.58. The van der Waals surface area contributed by atoms with Crippen LogP contribution < -0.4 is 4.74 Å². The SMILES string of the molecule is CCc1c(OCCOC)ncnc1C1CC1. The van der Waals surface area contributed by atoms with E-state index >= 15 is 0 Å². The molecule has 0 aliphatic heterocycles. The second-order valence-electron chi connectivity index (χ2n) is 4.01. The molecule has 1 saturated carbocycles. The lowest BCUT2D eigenvalue weighted by Crippen LogP contribution is -2.09. The fourth-order valence-electron chi connectivity index (χ4n) is 1.80. The molecule has 0 atom stereocenters. The number of rotatable bonds is 6. The molecule has 0 spiro atoms. The summed E-state index contributed by atoms with van der Waals surface area (Å²) in [6.07, 6.45) is 5.03. The molecule has 4 nitrogen and oxygen atoms in total. The predicted octanol–water partition coefficient (Wildman–Crippen LogP) is 1.94. The van der Waals surface area contributed by atoms with E-state index in [2.05, 4.69) is 16.9 Å². The van der Waals surface area contributed by atoms with Gasteiger partial charge in [-0.25, -0.2) is 9.97 Å². The van der Waals surface area contributed by atoms with Gasteiger partial charge in [0.15, 0.2) is 0 Å². The number of aromatic nitrogens is 2. The number of methoxy groups -OCH3 is 1. The molecule has 0 N–H and O–H groups in total. The van der Waals surface area contributed by atoms with Crippen LogP contribution in [0.15, 0.2) is 6.33 Å². The fourth-order valence-corrected chi connectivity index (χ4v) is 1.80. The van der Waals surface area contributed by atoms with Crippen LogP contribution in [0.25, 0.3) is 0 Å². The van der Waals surface area contributed by atoms with Gasteiger partial charge in [-0.2, -0.15) is 0 Å². The molecule has 0 bridgehead atoms. The first-order valence-corrected chi connectivity index (χ1v) is 5.82. The molecular weight excluding hydrogens is 204 g/mol. The van der Waals surface area contributed by atoms with E-state index in [1.54, 1.807) is 13.4 Å². The van der Waals surface area contributed by atoms with E-state index in [9.17, 15) is 0 Å². The summed E-state index contributed by atoms with van der Waals surface area (Å²) in [6, 6.07) is 0. The average molecular weight is 222 g/mol. The Balaban J connectivity index is 2.12. The minimum atomic E-state index is 0.546. The molecule has 1 heterocycles. The Kier molecular flexibility index (Phi) is 3.72. The molecule has 0 amide bonds. The quantitative estimate of drug-likeness (QED) is 0.690. The maximum Gasteiger partial charge on any atom is 0.219 e. The molecule has 0 aromatic carbocycles. The lowest BCUT2D eigenvalue weighted by molar-refractivity contribution is 0.143. The van der Waals surface area contributed by atoms with Gasteiger partial charge < -0.3 is 9.47 Å². The highest BCUT2D eigenvalue weighted by atomic mass is 16.5. The number of ether oxygens (including phenoxy) is 2. The Morgan fingerprint density at radius 3 is 2.75 bits per heavy atom. The van der Waals surface area contributed by atoms with Gasteiger partial charge in [-0.15, -0.1) is 0 Å². The average Bonchev–Trinajstić information content (AvgIpc) is 3.13. The van der Waals surface area contributed by atoms with Gasteiger partial charge >= 0.3 is 0 Å². The summed E-state index contributed by atoms with van der Waals surface area (Å²) in [5, 5.41) is 0. The van der Waals surface area contributed by atoms with Crippen molar-refractivity contribution in [3.05, 3.63) is 17.6 Å². The van der Waals surface area contributed by atoms with Crippen molar-refractivity contribution in [2.45, 2.75) is 32.1 Å². The van der Waals surface area contributed by atoms with Crippen LogP contribution >= 0.6 is 0 Å². The number of hydrogen-bond acceptors (Lipinski definition) is 4. The summed E-state index contributed by atoms with van der Waals surface area (Å²) >= 11 is 0. The van der Waals surface area contributed by atoms with Gasteiger partial charge in [-0.1, -0.05) is 6.92 Å². The van der Waals surface area contributed by atoms with Crippen molar-refractivity contribution in [2.75, 3.05) is 20.3 Å². The van der Waals surface area contributed by atoms with E-state index in [0.717, 1.165) is 12.3 Å². The van der Waals surface area contributed by atoms with Crippen molar-refractivity contribution in [1.29, 1.82) is 0 Å². The zero-order chi connectivity index (χ0) is 11.4. The molecule has 1 aromatic rings. The second-order valence-corrected chi connectivity index (χ2v) is 4.01. The maximum atomic E-state index is 5.61. The van der Waals surface area contributed by atoms with Crippen LogP contribution in [0.4, 0.5) is 0 Å². The predicted molar refractivity (Wildman–Crippen MR) is 60.8 cm³/mol. The van der Waals surface area contributed by atoms with Crippen LogP contribution in [-0.4, -0.2) is 30.3 Å². The third-order valence-electron chi connectivity index (χ3n) is 2.78. The Bertz CT molecular complexity index is 351. The van der Waals surface area contributed by atoms with E-state index < -0.39 is 0 Å². The van der Waals surface area contributed by atoms with Crippen molar-refractivity contribution < 1.29 is 9.47 Å². The molecule has 4 heteroatoms. The highest BCUT2D eigenvalue weighted by molar-refractivity contribution is 5.34. The summed E-state index contributed by atoms with van der Waals surface area (Å²) in [5.41, 5.74) is 2.35. The monoisotopic (exact) mass is 222 g/mol. The normalized spacial score (nSPS) is 15.1. The molecule has 0 unspecified atom stereocenters. The van der Waals surface area contributed by atoms with Crippen molar-refractivity contribution in [3.8, 4) is 5.88 Å². The summed E-state index contributed by atoms with van der Waals surface area (Å²) in [5.74, 6) is 1.37. The van der Waals surface area contributed by atoms with Crippen LogP contribution in [0, 0.1) is 0 Å². The molecule has 1 aliphatic rings. The molecule has 88 valence electrons. The Labute approximate surface area is 96.0 Å². The van der Waals surface area contributed by atoms with E-state index in [0.29, 0.717) is 19.1 Å². The van der Waals surface area contributed by atoms with Crippen LogP contribution in [0.3, 0.4) is 0 Å². The van der Waals surface area contributed by atoms with Gasteiger partial charge in [0.1, 0.15) is 12.9 Å². The Hall–Kier alpha value is -1.16. The Morgan fingerprint density at radius 1 is 1.31 bits per heavy atom. The largest absolute Gasteiger partial charge is 0.475 e. The number of hydrogen-bond donors (Lipinski definition) is 0. The van der Waals surface area contributed by atoms with Gasteiger partial charge in [0.25, 0.3) is 0 Å². The van der Waals surface area contributed by atoms with Crippen LogP contribution in [0.2, 0.25) is 0 Å². The molecule has 1 aromatic heterocycles. The first kappa shape index (κ1) is 11.3. The first-order valence-electron chi connectivity index (χ1n) is 5.82. The molecule has 1 aliphatic carbocycles. The lowest BCUT2D eigenvalue weighted by Gasteiger charge is -2.11. The molecular formula is C12H18N2O2. The van der Waals surface area contributed by atoms with E-state index in [1.165, 1.54) is 24.1 Å². The van der Waals surface area contributed by atoms with E-state index in [1.807, 2.05) is 0 Å². The fraction of sp³-hybridized carbons (Fsp3) is 0.667. The van der Waals surface area contributed by atoms with Crippen LogP contribution in [0.1, 0.15) is 36.9 Å². The van der Waals surface area contributed by atoms with Crippen molar-refractivity contribution in [3.63, 3.8) is 0 Å².